The molecule has 392 valence electrons. The third-order valence-corrected chi connectivity index (χ3v) is 15.0. The lowest BCUT2D eigenvalue weighted by molar-refractivity contribution is -0.726. The van der Waals surface area contributed by atoms with Gasteiger partial charge in [0, 0.05) is 62.8 Å². The first kappa shape index (κ1) is 59.4. The third kappa shape index (κ3) is 29.2. The van der Waals surface area contributed by atoms with Crippen LogP contribution in [-0.4, -0.2) is 27.2 Å². The van der Waals surface area contributed by atoms with E-state index in [1.807, 2.05) is 0 Å². The van der Waals surface area contributed by atoms with E-state index in [4.69, 9.17) is 0 Å². The Balaban J connectivity index is 0.993. The quantitative estimate of drug-likeness (QED) is 0.0324. The number of pyridine rings is 2. The Kier molecular flexibility index (Phi) is 33.7. The molecule has 4 heteroatoms. The van der Waals surface area contributed by atoms with Crippen LogP contribution in [0.3, 0.4) is 0 Å². The molecule has 0 unspecified atom stereocenters. The average Bonchev–Trinajstić information content (AvgIpc) is 3.40. The first-order chi connectivity index (χ1) is 35.0. The predicted molar refractivity (Wildman–Crippen MR) is 314 cm³/mol. The van der Waals surface area contributed by atoms with Gasteiger partial charge in [-0.25, -0.2) is 9.13 Å². The summed E-state index contributed by atoms with van der Waals surface area (Å²) in [5, 5.41) is 0. The van der Waals surface area contributed by atoms with Gasteiger partial charge in [0.05, 0.1) is 6.42 Å². The van der Waals surface area contributed by atoms with Crippen LogP contribution in [0.4, 0.5) is 11.4 Å². The molecule has 4 aromatic rings. The predicted octanol–water partition coefficient (Wildman–Crippen LogP) is 19.1. The zero-order valence-corrected chi connectivity index (χ0v) is 46.5. The number of hydrogen-bond acceptors (Lipinski definition) is 2. The second-order valence-electron chi connectivity index (χ2n) is 21.4. The van der Waals surface area contributed by atoms with Crippen LogP contribution in [0.1, 0.15) is 248 Å². The van der Waals surface area contributed by atoms with Crippen molar-refractivity contribution in [3.63, 3.8) is 0 Å². The van der Waals surface area contributed by atoms with E-state index < -0.39 is 0 Å². The maximum Gasteiger partial charge on any atom is 0.169 e. The van der Waals surface area contributed by atoms with Crippen molar-refractivity contribution >= 4 is 35.7 Å². The Labute approximate surface area is 438 Å². The van der Waals surface area contributed by atoms with Crippen molar-refractivity contribution in [2.45, 2.75) is 239 Å². The van der Waals surface area contributed by atoms with Crippen LogP contribution in [0.15, 0.2) is 97.6 Å². The molecule has 4 rings (SSSR count). The lowest BCUT2D eigenvalue weighted by Crippen LogP contribution is -2.38. The maximum absolute atomic E-state index is 2.42. The molecule has 0 atom stereocenters. The lowest BCUT2D eigenvalue weighted by atomic mass is 10.0. The SMILES string of the molecule is CCCCCCCCCCCCCCCCCCN(C)c1ccc(/C=C/c2cc[n+](CCC[n+]3ccc(/C=C/c4ccc(N(C)CCCCCCCCCCCCCCCCCC)cc4)cc3)cc2)cc1. The molecule has 2 heterocycles. The number of rotatable bonds is 44. The first-order valence-electron chi connectivity index (χ1n) is 30.0. The Bertz CT molecular complexity index is 1740. The van der Waals surface area contributed by atoms with Gasteiger partial charge in [-0.3, -0.25) is 0 Å². The fourth-order valence-electron chi connectivity index (χ4n) is 10.0. The molecule has 0 N–H and O–H groups in total. The summed E-state index contributed by atoms with van der Waals surface area (Å²) in [6.07, 6.45) is 64.2. The van der Waals surface area contributed by atoms with Gasteiger partial charge in [0.2, 0.25) is 0 Å². The Hall–Kier alpha value is -4.18. The van der Waals surface area contributed by atoms with Crippen LogP contribution in [0, 0.1) is 0 Å². The number of benzene rings is 2. The van der Waals surface area contributed by atoms with Crippen molar-refractivity contribution in [3.05, 3.63) is 120 Å². The molecule has 0 aliphatic heterocycles. The highest BCUT2D eigenvalue weighted by Crippen LogP contribution is 2.20. The smallest absolute Gasteiger partial charge is 0.169 e. The summed E-state index contributed by atoms with van der Waals surface area (Å²) in [6, 6.07) is 27.0. The third-order valence-electron chi connectivity index (χ3n) is 15.0. The van der Waals surface area contributed by atoms with Gasteiger partial charge in [-0.15, -0.1) is 0 Å². The van der Waals surface area contributed by atoms with Crippen molar-refractivity contribution in [1.29, 1.82) is 0 Å². The summed E-state index contributed by atoms with van der Waals surface area (Å²) >= 11 is 0. The highest BCUT2D eigenvalue weighted by Gasteiger charge is 2.07. The number of anilines is 2. The minimum absolute atomic E-state index is 0.998. The van der Waals surface area contributed by atoms with E-state index in [2.05, 4.69) is 169 Å². The van der Waals surface area contributed by atoms with Crippen LogP contribution in [0.25, 0.3) is 24.3 Å². The molecule has 0 saturated carbocycles. The van der Waals surface area contributed by atoms with Gasteiger partial charge in [0.25, 0.3) is 0 Å². The van der Waals surface area contributed by atoms with Crippen LogP contribution in [0.5, 0.6) is 0 Å². The molecule has 2 aromatic carbocycles. The first-order valence-corrected chi connectivity index (χ1v) is 30.0. The molecule has 0 amide bonds. The number of nitrogens with zero attached hydrogens (tertiary/aromatic N) is 4. The van der Waals surface area contributed by atoms with Crippen LogP contribution in [0.2, 0.25) is 0 Å². The second kappa shape index (κ2) is 40.3. The van der Waals surface area contributed by atoms with Crippen LogP contribution >= 0.6 is 0 Å². The van der Waals surface area contributed by atoms with Gasteiger partial charge >= 0.3 is 0 Å². The minimum Gasteiger partial charge on any atom is -0.375 e. The zero-order chi connectivity index (χ0) is 50.1. The fraction of sp³-hybridized carbons (Fsp3) is 0.612. The normalized spacial score (nSPS) is 11.7. The van der Waals surface area contributed by atoms with Gasteiger partial charge in [-0.05, 0) is 59.4 Å². The van der Waals surface area contributed by atoms with E-state index >= 15 is 0 Å². The topological polar surface area (TPSA) is 14.2 Å². The lowest BCUT2D eigenvalue weighted by Gasteiger charge is -2.19. The van der Waals surface area contributed by atoms with Crippen molar-refractivity contribution in [2.75, 3.05) is 37.0 Å². The highest BCUT2D eigenvalue weighted by atomic mass is 15.1. The standard InChI is InChI=1S/C67H106N4/c1-5-7-9-11-13-15-17-19-21-23-25-27-29-31-33-35-54-68(3)66-46-42-62(43-47-66)38-40-64-50-58-70(59-51-64)56-37-57-71-60-52-65(53-61-71)41-39-63-44-48-67(49-45-63)69(4)55-36-34-32-30-28-26-24-22-20-18-16-14-12-10-8-6-2/h38-53,58-61H,5-37,54-57H2,1-4H3/q+2. The summed E-state index contributed by atoms with van der Waals surface area (Å²) in [5.41, 5.74) is 7.57. The monoisotopic (exact) mass is 967 g/mol. The Morgan fingerprint density at radius 1 is 0.282 bits per heavy atom. The second-order valence-corrected chi connectivity index (χ2v) is 21.4. The van der Waals surface area contributed by atoms with Crippen LogP contribution < -0.4 is 18.9 Å². The number of unbranched alkanes of at least 4 members (excludes halogenated alkanes) is 30. The van der Waals surface area contributed by atoms with Crippen molar-refractivity contribution in [1.82, 2.24) is 0 Å². The van der Waals surface area contributed by atoms with E-state index in [-0.39, 0.29) is 0 Å². The van der Waals surface area contributed by atoms with E-state index in [0.717, 1.165) is 32.6 Å². The molecule has 2 aromatic heterocycles. The zero-order valence-electron chi connectivity index (χ0n) is 46.5. The maximum atomic E-state index is 2.42. The summed E-state index contributed by atoms with van der Waals surface area (Å²) in [4.78, 5) is 4.83. The molecular weight excluding hydrogens is 861 g/mol. The van der Waals surface area contributed by atoms with Gasteiger partial charge in [0.1, 0.15) is 0 Å². The van der Waals surface area contributed by atoms with Gasteiger partial charge < -0.3 is 9.80 Å². The summed E-state index contributed by atoms with van der Waals surface area (Å²) in [7, 11) is 4.48. The number of aromatic nitrogens is 2. The highest BCUT2D eigenvalue weighted by molar-refractivity contribution is 5.71. The molecule has 0 bridgehead atoms. The summed E-state index contributed by atoms with van der Waals surface area (Å²) in [5.74, 6) is 0. The van der Waals surface area contributed by atoms with Gasteiger partial charge in [-0.1, -0.05) is 255 Å². The van der Waals surface area contributed by atoms with E-state index in [1.54, 1.807) is 0 Å². The van der Waals surface area contributed by atoms with Crippen LogP contribution in [-0.2, 0) is 13.1 Å². The molecule has 0 aliphatic rings. The number of hydrogen-bond donors (Lipinski definition) is 0. The largest absolute Gasteiger partial charge is 0.375 e. The average molecular weight is 968 g/mol. The molecule has 71 heavy (non-hydrogen) atoms. The summed E-state index contributed by atoms with van der Waals surface area (Å²) < 4.78 is 4.59. The van der Waals surface area contributed by atoms with E-state index in [0.29, 0.717) is 0 Å². The number of aryl methyl sites for hydroxylation is 2. The minimum atomic E-state index is 0.998. The molecule has 0 fully saturated rings. The van der Waals surface area contributed by atoms with E-state index in [1.165, 1.54) is 239 Å². The molecular formula is C67H106N4+2. The Morgan fingerprint density at radius 3 is 0.761 bits per heavy atom. The van der Waals surface area contributed by atoms with Crippen molar-refractivity contribution in [3.8, 4) is 0 Å². The molecule has 0 spiro atoms. The van der Waals surface area contributed by atoms with Crippen molar-refractivity contribution in [2.24, 2.45) is 0 Å². The molecule has 0 aliphatic carbocycles. The van der Waals surface area contributed by atoms with E-state index in [9.17, 15) is 0 Å². The fourth-order valence-corrected chi connectivity index (χ4v) is 10.0. The van der Waals surface area contributed by atoms with Crippen molar-refractivity contribution < 1.29 is 9.13 Å². The molecule has 4 nitrogen and oxygen atoms in total. The summed E-state index contributed by atoms with van der Waals surface area (Å²) in [6.45, 7) is 8.87. The molecule has 0 radical (unpaired) electrons. The van der Waals surface area contributed by atoms with Gasteiger partial charge in [-0.2, -0.15) is 0 Å². The Morgan fingerprint density at radius 2 is 0.507 bits per heavy atom. The molecule has 0 saturated heterocycles. The van der Waals surface area contributed by atoms with Gasteiger partial charge in [0.15, 0.2) is 37.9 Å².